The third kappa shape index (κ3) is 5.35. The fourth-order valence-electron chi connectivity index (χ4n) is 2.78. The molecule has 0 unspecified atom stereocenters. The number of rotatable bonds is 10. The lowest BCUT2D eigenvalue weighted by Crippen LogP contribution is -2.27. The minimum atomic E-state index is -0.121. The van der Waals surface area contributed by atoms with Crippen LogP contribution in [0.1, 0.15) is 6.42 Å². The third-order valence-electron chi connectivity index (χ3n) is 4.18. The van der Waals surface area contributed by atoms with E-state index in [1.165, 1.54) is 23.1 Å². The number of hydrogen-bond donors (Lipinski definition) is 1. The molecule has 1 N–H and O–H groups in total. The number of carbonyl (C=O) groups is 1. The predicted octanol–water partition coefficient (Wildman–Crippen LogP) is 3.56. The van der Waals surface area contributed by atoms with Gasteiger partial charge in [0.2, 0.25) is 5.91 Å². The molecule has 0 bridgehead atoms. The molecule has 0 aliphatic heterocycles. The van der Waals surface area contributed by atoms with Crippen molar-refractivity contribution in [3.05, 3.63) is 59.4 Å². The van der Waals surface area contributed by atoms with Crippen LogP contribution in [0.5, 0.6) is 0 Å². The Balaban J connectivity index is 1.95. The molecule has 0 fully saturated rings. The summed E-state index contributed by atoms with van der Waals surface area (Å²) in [4.78, 5) is 31.5. The number of methoxy groups -OCH3 is 1. The van der Waals surface area contributed by atoms with Gasteiger partial charge in [0.25, 0.3) is 5.56 Å². The summed E-state index contributed by atoms with van der Waals surface area (Å²) in [6.07, 6.45) is 2.32. The van der Waals surface area contributed by atoms with Crippen molar-refractivity contribution in [1.29, 1.82) is 0 Å². The van der Waals surface area contributed by atoms with Crippen molar-refractivity contribution in [2.24, 2.45) is 0 Å². The van der Waals surface area contributed by atoms with Gasteiger partial charge in [0.15, 0.2) is 5.16 Å². The molecule has 0 radical (unpaired) electrons. The molecule has 3 aromatic rings. The van der Waals surface area contributed by atoms with Crippen LogP contribution >= 0.6 is 23.1 Å². The number of ether oxygens (including phenoxy) is 1. The van der Waals surface area contributed by atoms with Crippen LogP contribution in [0.15, 0.2) is 59.0 Å². The number of amides is 1. The van der Waals surface area contributed by atoms with E-state index >= 15 is 0 Å². The molecule has 152 valence electrons. The quantitative estimate of drug-likeness (QED) is 0.231. The van der Waals surface area contributed by atoms with Gasteiger partial charge < -0.3 is 10.1 Å². The lowest BCUT2D eigenvalue weighted by Gasteiger charge is -2.11. The van der Waals surface area contributed by atoms with E-state index in [1.807, 2.05) is 36.4 Å². The highest BCUT2D eigenvalue weighted by Crippen LogP contribution is 2.32. The number of thiophene rings is 1. The second kappa shape index (κ2) is 10.4. The van der Waals surface area contributed by atoms with Gasteiger partial charge in [-0.05, 0) is 18.1 Å². The Labute approximate surface area is 177 Å². The van der Waals surface area contributed by atoms with E-state index in [9.17, 15) is 9.59 Å². The predicted molar refractivity (Wildman–Crippen MR) is 120 cm³/mol. The molecule has 0 atom stereocenters. The molecule has 2 aromatic heterocycles. The molecule has 0 saturated heterocycles. The average Bonchev–Trinajstić information content (AvgIpc) is 3.17. The molecule has 1 aromatic carbocycles. The van der Waals surface area contributed by atoms with Crippen molar-refractivity contribution >= 4 is 39.2 Å². The zero-order valence-electron chi connectivity index (χ0n) is 16.2. The van der Waals surface area contributed by atoms with Crippen molar-refractivity contribution in [3.63, 3.8) is 0 Å². The Morgan fingerprint density at radius 1 is 1.38 bits per heavy atom. The molecule has 0 spiro atoms. The largest absolute Gasteiger partial charge is 0.385 e. The number of nitrogens with one attached hydrogen (secondary N) is 1. The van der Waals surface area contributed by atoms with Crippen LogP contribution < -0.4 is 10.9 Å². The number of fused-ring (bicyclic) bond motifs is 1. The zero-order chi connectivity index (χ0) is 20.6. The Bertz CT molecular complexity index is 1040. The number of thioether (sulfide) groups is 1. The van der Waals surface area contributed by atoms with Crippen molar-refractivity contribution in [2.45, 2.75) is 18.1 Å². The molecule has 29 heavy (non-hydrogen) atoms. The normalized spacial score (nSPS) is 10.9. The van der Waals surface area contributed by atoms with Crippen molar-refractivity contribution in [1.82, 2.24) is 14.9 Å². The Morgan fingerprint density at radius 3 is 2.90 bits per heavy atom. The lowest BCUT2D eigenvalue weighted by atomic mass is 10.2. The second-order valence-corrected chi connectivity index (χ2v) is 8.25. The second-order valence-electron chi connectivity index (χ2n) is 6.27. The smallest absolute Gasteiger partial charge is 0.262 e. The van der Waals surface area contributed by atoms with Gasteiger partial charge in [-0.15, -0.1) is 17.9 Å². The highest BCUT2D eigenvalue weighted by Gasteiger charge is 2.16. The monoisotopic (exact) mass is 429 g/mol. The maximum atomic E-state index is 13.2. The molecule has 0 aliphatic rings. The molecule has 0 aliphatic carbocycles. The Morgan fingerprint density at radius 2 is 2.17 bits per heavy atom. The lowest BCUT2D eigenvalue weighted by molar-refractivity contribution is -0.118. The van der Waals surface area contributed by atoms with Crippen molar-refractivity contribution in [3.8, 4) is 10.4 Å². The highest BCUT2D eigenvalue weighted by molar-refractivity contribution is 7.99. The maximum absolute atomic E-state index is 13.2. The first-order valence-electron chi connectivity index (χ1n) is 9.23. The summed E-state index contributed by atoms with van der Waals surface area (Å²) in [6, 6.07) is 11.8. The van der Waals surface area contributed by atoms with E-state index in [-0.39, 0.29) is 17.2 Å². The van der Waals surface area contributed by atoms with Gasteiger partial charge in [-0.2, -0.15) is 0 Å². The van der Waals surface area contributed by atoms with Crippen molar-refractivity contribution < 1.29 is 9.53 Å². The van der Waals surface area contributed by atoms with Crippen LogP contribution in [0, 0.1) is 0 Å². The van der Waals surface area contributed by atoms with Gasteiger partial charge in [-0.1, -0.05) is 48.2 Å². The van der Waals surface area contributed by atoms with E-state index < -0.39 is 0 Å². The Hall–Kier alpha value is -2.42. The molecule has 0 saturated carbocycles. The molecule has 6 nitrogen and oxygen atoms in total. The van der Waals surface area contributed by atoms with Gasteiger partial charge in [0.05, 0.1) is 11.1 Å². The summed E-state index contributed by atoms with van der Waals surface area (Å²) in [5.74, 6) is 0.0660. The number of nitrogens with zero attached hydrogens (tertiary/aromatic N) is 2. The topological polar surface area (TPSA) is 73.2 Å². The van der Waals surface area contributed by atoms with Gasteiger partial charge in [-0.25, -0.2) is 4.98 Å². The first-order chi connectivity index (χ1) is 14.1. The summed E-state index contributed by atoms with van der Waals surface area (Å²) in [5.41, 5.74) is 0.970. The highest BCUT2D eigenvalue weighted by atomic mass is 32.2. The minimum Gasteiger partial charge on any atom is -0.385 e. The number of aromatic nitrogens is 2. The van der Waals surface area contributed by atoms with E-state index in [2.05, 4.69) is 11.9 Å². The summed E-state index contributed by atoms with van der Waals surface area (Å²) < 4.78 is 6.77. The van der Waals surface area contributed by atoms with Gasteiger partial charge in [-0.3, -0.25) is 14.2 Å². The molecule has 1 amide bonds. The molecule has 2 heterocycles. The van der Waals surface area contributed by atoms with E-state index in [4.69, 9.17) is 9.72 Å². The van der Waals surface area contributed by atoms with E-state index in [0.29, 0.717) is 41.5 Å². The summed E-state index contributed by atoms with van der Waals surface area (Å²) in [6.45, 7) is 5.04. The van der Waals surface area contributed by atoms with E-state index in [1.54, 1.807) is 17.8 Å². The standard InChI is InChI=1S/C21H23N3O3S2/c1-3-10-22-18(25)14-28-21-23-19-16(20(26)24(21)11-7-12-27-2)13-17(29-19)15-8-5-4-6-9-15/h3-6,8-9,13H,1,7,10-12,14H2,2H3,(H,22,25). The zero-order valence-corrected chi connectivity index (χ0v) is 17.9. The summed E-state index contributed by atoms with van der Waals surface area (Å²) in [7, 11) is 1.63. The maximum Gasteiger partial charge on any atom is 0.262 e. The summed E-state index contributed by atoms with van der Waals surface area (Å²) in [5, 5.41) is 3.89. The van der Waals surface area contributed by atoms with Gasteiger partial charge in [0.1, 0.15) is 4.83 Å². The first kappa shape index (κ1) is 21.3. The average molecular weight is 430 g/mol. The van der Waals surface area contributed by atoms with Crippen LogP contribution in [0.2, 0.25) is 0 Å². The van der Waals surface area contributed by atoms with Gasteiger partial charge in [0, 0.05) is 31.7 Å². The van der Waals surface area contributed by atoms with Crippen LogP contribution in [-0.4, -0.2) is 41.5 Å². The van der Waals surface area contributed by atoms with Crippen LogP contribution in [0.3, 0.4) is 0 Å². The molecular formula is C21H23N3O3S2. The Kier molecular flexibility index (Phi) is 7.62. The third-order valence-corrected chi connectivity index (χ3v) is 6.23. The number of hydrogen-bond acceptors (Lipinski definition) is 6. The number of carbonyl (C=O) groups excluding carboxylic acids is 1. The number of benzene rings is 1. The SMILES string of the molecule is C=CCNC(=O)CSc1nc2sc(-c3ccccc3)cc2c(=O)n1CCCOC. The molecular weight excluding hydrogens is 406 g/mol. The van der Waals surface area contributed by atoms with Crippen molar-refractivity contribution in [2.75, 3.05) is 26.0 Å². The molecule has 8 heteroatoms. The molecule has 3 rings (SSSR count). The van der Waals surface area contributed by atoms with E-state index in [0.717, 1.165) is 10.4 Å². The van der Waals surface area contributed by atoms with Gasteiger partial charge >= 0.3 is 0 Å². The summed E-state index contributed by atoms with van der Waals surface area (Å²) >= 11 is 2.76. The fourth-order valence-corrected chi connectivity index (χ4v) is 4.72. The van der Waals surface area contributed by atoms with Crippen LogP contribution in [-0.2, 0) is 16.1 Å². The van der Waals surface area contributed by atoms with Crippen LogP contribution in [0.25, 0.3) is 20.7 Å². The fraction of sp³-hybridized carbons (Fsp3) is 0.286. The minimum absolute atomic E-state index is 0.0847. The first-order valence-corrected chi connectivity index (χ1v) is 11.0. The van der Waals surface area contributed by atoms with Crippen LogP contribution in [0.4, 0.5) is 0 Å².